The summed E-state index contributed by atoms with van der Waals surface area (Å²) in [4.78, 5) is 0. The minimum Gasteiger partial charge on any atom is -0.197 e. The first-order valence-corrected chi connectivity index (χ1v) is 6.54. The molecule has 96 valence electrons. The molecule has 0 aromatic heterocycles. The summed E-state index contributed by atoms with van der Waals surface area (Å²) in [5.41, 5.74) is 5.54. The smallest absolute Gasteiger partial charge is 0.0772 e. The zero-order valence-corrected chi connectivity index (χ0v) is 12.0. The Balaban J connectivity index is 2.75. The van der Waals surface area contributed by atoms with Crippen molar-refractivity contribution in [3.8, 4) is 17.2 Å². The highest BCUT2D eigenvalue weighted by atomic mass is 14.3. The lowest BCUT2D eigenvalue weighted by Gasteiger charge is -2.22. The molecule has 0 aliphatic heterocycles. The summed E-state index contributed by atoms with van der Waals surface area (Å²) in [7, 11) is 0. The number of rotatable bonds is 2. The van der Waals surface area contributed by atoms with E-state index in [0.29, 0.717) is 0 Å². The van der Waals surface area contributed by atoms with Crippen LogP contribution < -0.4 is 0 Å². The Labute approximate surface area is 115 Å². The van der Waals surface area contributed by atoms with Crippen LogP contribution in [-0.2, 0) is 5.41 Å². The van der Waals surface area contributed by atoms with E-state index in [9.17, 15) is 5.26 Å². The van der Waals surface area contributed by atoms with Gasteiger partial charge in [-0.2, -0.15) is 5.26 Å². The Morgan fingerprint density at radius 3 is 2.05 bits per heavy atom. The highest BCUT2D eigenvalue weighted by Gasteiger charge is 2.24. The van der Waals surface area contributed by atoms with Crippen LogP contribution in [0.4, 0.5) is 0 Å². The van der Waals surface area contributed by atoms with E-state index in [4.69, 9.17) is 0 Å². The molecule has 0 spiro atoms. The molecule has 1 nitrogen and oxygen atoms in total. The molecule has 0 heterocycles. The standard InChI is InChI=1S/C18H19N/c1-13-8-7-9-14(2)17(13)15-10-5-6-11-16(15)18(3,4)12-19/h5-11H,1-4H3. The Morgan fingerprint density at radius 2 is 1.47 bits per heavy atom. The average molecular weight is 249 g/mol. The maximum atomic E-state index is 9.41. The van der Waals surface area contributed by atoms with Crippen LogP contribution in [0.25, 0.3) is 11.1 Å². The van der Waals surface area contributed by atoms with Gasteiger partial charge in [0.25, 0.3) is 0 Å². The monoisotopic (exact) mass is 249 g/mol. The first-order chi connectivity index (χ1) is 8.97. The van der Waals surface area contributed by atoms with Gasteiger partial charge in [-0.25, -0.2) is 0 Å². The Kier molecular flexibility index (Phi) is 3.44. The van der Waals surface area contributed by atoms with E-state index in [1.54, 1.807) is 0 Å². The van der Waals surface area contributed by atoms with Gasteiger partial charge in [0.05, 0.1) is 11.5 Å². The van der Waals surface area contributed by atoms with Gasteiger partial charge in [0.2, 0.25) is 0 Å². The predicted octanol–water partition coefficient (Wildman–Crippen LogP) is 4.77. The van der Waals surface area contributed by atoms with Crippen LogP contribution in [0.2, 0.25) is 0 Å². The van der Waals surface area contributed by atoms with Crippen molar-refractivity contribution in [1.82, 2.24) is 0 Å². The van der Waals surface area contributed by atoms with Gasteiger partial charge in [-0.3, -0.25) is 0 Å². The summed E-state index contributed by atoms with van der Waals surface area (Å²) in [6.45, 7) is 8.19. The molecule has 0 saturated heterocycles. The van der Waals surface area contributed by atoms with Crippen molar-refractivity contribution in [2.45, 2.75) is 33.1 Å². The molecule has 0 saturated carbocycles. The molecule has 2 aromatic rings. The number of nitriles is 1. The third-order valence-corrected chi connectivity index (χ3v) is 3.63. The van der Waals surface area contributed by atoms with Crippen LogP contribution in [0.1, 0.15) is 30.5 Å². The molecule has 0 amide bonds. The van der Waals surface area contributed by atoms with Crippen LogP contribution in [0.15, 0.2) is 42.5 Å². The molecule has 1 heteroatoms. The van der Waals surface area contributed by atoms with Crippen LogP contribution in [-0.4, -0.2) is 0 Å². The van der Waals surface area contributed by atoms with Crippen molar-refractivity contribution in [3.63, 3.8) is 0 Å². The van der Waals surface area contributed by atoms with Gasteiger partial charge in [-0.15, -0.1) is 0 Å². The number of aryl methyl sites for hydroxylation is 2. The van der Waals surface area contributed by atoms with Crippen LogP contribution >= 0.6 is 0 Å². The van der Waals surface area contributed by atoms with Crippen LogP contribution in [0.3, 0.4) is 0 Å². The number of hydrogen-bond donors (Lipinski definition) is 0. The minimum absolute atomic E-state index is 0.481. The van der Waals surface area contributed by atoms with Gasteiger partial charge in [-0.05, 0) is 55.5 Å². The highest BCUT2D eigenvalue weighted by Crippen LogP contribution is 2.35. The molecule has 0 aliphatic carbocycles. The van der Waals surface area contributed by atoms with Crippen molar-refractivity contribution in [2.75, 3.05) is 0 Å². The molecule has 0 N–H and O–H groups in total. The van der Waals surface area contributed by atoms with Crippen molar-refractivity contribution in [1.29, 1.82) is 5.26 Å². The Morgan fingerprint density at radius 1 is 0.895 bits per heavy atom. The SMILES string of the molecule is Cc1cccc(C)c1-c1ccccc1C(C)(C)C#N. The highest BCUT2D eigenvalue weighted by molar-refractivity contribution is 5.75. The summed E-state index contributed by atoms with van der Waals surface area (Å²) in [5, 5.41) is 9.41. The lowest BCUT2D eigenvalue weighted by atomic mass is 9.80. The lowest BCUT2D eigenvalue weighted by Crippen LogP contribution is -2.15. The molecular weight excluding hydrogens is 230 g/mol. The first-order valence-electron chi connectivity index (χ1n) is 6.54. The van der Waals surface area contributed by atoms with E-state index in [0.717, 1.165) is 5.56 Å². The number of hydrogen-bond acceptors (Lipinski definition) is 1. The third-order valence-electron chi connectivity index (χ3n) is 3.63. The second-order valence-corrected chi connectivity index (χ2v) is 5.55. The summed E-state index contributed by atoms with van der Waals surface area (Å²) in [5.74, 6) is 0. The summed E-state index contributed by atoms with van der Waals surface area (Å²) in [6, 6.07) is 16.9. The summed E-state index contributed by atoms with van der Waals surface area (Å²) in [6.07, 6.45) is 0. The predicted molar refractivity (Wildman–Crippen MR) is 80.0 cm³/mol. The van der Waals surface area contributed by atoms with Crippen LogP contribution in [0, 0.1) is 25.2 Å². The Hall–Kier alpha value is -2.07. The quantitative estimate of drug-likeness (QED) is 0.752. The van der Waals surface area contributed by atoms with E-state index in [1.165, 1.54) is 22.3 Å². The minimum atomic E-state index is -0.481. The molecule has 0 unspecified atom stereocenters. The average Bonchev–Trinajstić information content (AvgIpc) is 2.39. The zero-order valence-electron chi connectivity index (χ0n) is 12.0. The molecule has 0 bridgehead atoms. The van der Waals surface area contributed by atoms with Crippen molar-refractivity contribution >= 4 is 0 Å². The largest absolute Gasteiger partial charge is 0.197 e. The normalized spacial score (nSPS) is 11.1. The molecule has 0 atom stereocenters. The number of nitrogens with zero attached hydrogens (tertiary/aromatic N) is 1. The maximum Gasteiger partial charge on any atom is 0.0772 e. The number of benzene rings is 2. The third kappa shape index (κ3) is 2.39. The van der Waals surface area contributed by atoms with Crippen molar-refractivity contribution in [2.24, 2.45) is 0 Å². The van der Waals surface area contributed by atoms with Crippen molar-refractivity contribution in [3.05, 3.63) is 59.2 Å². The second-order valence-electron chi connectivity index (χ2n) is 5.55. The topological polar surface area (TPSA) is 23.8 Å². The van der Waals surface area contributed by atoms with E-state index in [1.807, 2.05) is 26.0 Å². The fourth-order valence-corrected chi connectivity index (χ4v) is 2.55. The van der Waals surface area contributed by atoms with Gasteiger partial charge >= 0.3 is 0 Å². The molecule has 2 rings (SSSR count). The van der Waals surface area contributed by atoms with Gasteiger partial charge in [0, 0.05) is 0 Å². The molecular formula is C18H19N. The lowest BCUT2D eigenvalue weighted by molar-refractivity contribution is 0.689. The van der Waals surface area contributed by atoms with E-state index < -0.39 is 5.41 Å². The van der Waals surface area contributed by atoms with E-state index in [2.05, 4.69) is 50.2 Å². The van der Waals surface area contributed by atoms with Crippen molar-refractivity contribution < 1.29 is 0 Å². The second kappa shape index (κ2) is 4.90. The Bertz CT molecular complexity index is 625. The van der Waals surface area contributed by atoms with Gasteiger partial charge in [0.15, 0.2) is 0 Å². The van der Waals surface area contributed by atoms with Gasteiger partial charge in [0.1, 0.15) is 0 Å². The fraction of sp³-hybridized carbons (Fsp3) is 0.278. The summed E-state index contributed by atoms with van der Waals surface area (Å²) < 4.78 is 0. The molecule has 0 radical (unpaired) electrons. The van der Waals surface area contributed by atoms with E-state index in [-0.39, 0.29) is 0 Å². The van der Waals surface area contributed by atoms with Gasteiger partial charge in [-0.1, -0.05) is 42.5 Å². The first kappa shape index (κ1) is 13.4. The van der Waals surface area contributed by atoms with Gasteiger partial charge < -0.3 is 0 Å². The summed E-state index contributed by atoms with van der Waals surface area (Å²) >= 11 is 0. The molecule has 19 heavy (non-hydrogen) atoms. The maximum absolute atomic E-state index is 9.41. The molecule has 2 aromatic carbocycles. The molecule has 0 aliphatic rings. The molecule has 0 fully saturated rings. The van der Waals surface area contributed by atoms with Crippen LogP contribution in [0.5, 0.6) is 0 Å². The van der Waals surface area contributed by atoms with E-state index >= 15 is 0 Å². The fourth-order valence-electron chi connectivity index (χ4n) is 2.55. The zero-order chi connectivity index (χ0) is 14.0.